The molecule has 3 heteroatoms. The lowest BCUT2D eigenvalue weighted by Crippen LogP contribution is -2.79. The predicted octanol–water partition coefficient (Wildman–Crippen LogP) is 13.8. The highest BCUT2D eigenvalue weighted by atomic mass is 28.3. The van der Waals surface area contributed by atoms with Crippen molar-refractivity contribution in [1.29, 1.82) is 0 Å². The van der Waals surface area contributed by atoms with Crippen molar-refractivity contribution in [2.75, 3.05) is 9.13 Å². The minimum atomic E-state index is -3.08. The molecule has 0 fully saturated rings. The minimum Gasteiger partial charge on any atom is -0.343 e. The highest BCUT2D eigenvalue weighted by Gasteiger charge is 2.57. The molecular formula is C51H66N2Si. The zero-order chi connectivity index (χ0) is 39.7. The number of anilines is 4. The highest BCUT2D eigenvalue weighted by molar-refractivity contribution is 7.09. The van der Waals surface area contributed by atoms with Crippen LogP contribution >= 0.6 is 0 Å². The van der Waals surface area contributed by atoms with Crippen LogP contribution in [0.3, 0.4) is 0 Å². The lowest BCUT2D eigenvalue weighted by atomic mass is 9.99. The van der Waals surface area contributed by atoms with E-state index < -0.39 is 8.40 Å². The molecule has 0 aromatic heterocycles. The van der Waals surface area contributed by atoms with E-state index in [2.05, 4.69) is 155 Å². The molecule has 3 aliphatic heterocycles. The molecule has 2 nitrogen and oxygen atoms in total. The van der Waals surface area contributed by atoms with E-state index in [0.29, 0.717) is 0 Å². The molecule has 0 atom stereocenters. The first-order chi connectivity index (χ1) is 26.8. The Bertz CT molecular complexity index is 1870. The van der Waals surface area contributed by atoms with Crippen LogP contribution < -0.4 is 19.5 Å². The van der Waals surface area contributed by atoms with Crippen molar-refractivity contribution < 1.29 is 0 Å². The van der Waals surface area contributed by atoms with Gasteiger partial charge in [0.2, 0.25) is 0 Å². The summed E-state index contributed by atoms with van der Waals surface area (Å²) in [6.45, 7) is 24.0. The van der Waals surface area contributed by atoms with Crippen LogP contribution in [0.2, 0.25) is 0 Å². The fourth-order valence-electron chi connectivity index (χ4n) is 7.84. The number of para-hydroxylation sites is 4. The molecule has 6 aromatic carbocycles. The summed E-state index contributed by atoms with van der Waals surface area (Å²) >= 11 is 0. The molecule has 3 heterocycles. The van der Waals surface area contributed by atoms with E-state index in [9.17, 15) is 0 Å². The lowest BCUT2D eigenvalue weighted by molar-refractivity contribution is 1.11. The monoisotopic (exact) mass is 734 g/mol. The third-order valence-electron chi connectivity index (χ3n) is 9.51. The molecule has 284 valence electrons. The van der Waals surface area contributed by atoms with Gasteiger partial charge >= 0.3 is 8.40 Å². The van der Waals surface area contributed by atoms with Crippen LogP contribution in [0.15, 0.2) is 146 Å². The van der Waals surface area contributed by atoms with Crippen molar-refractivity contribution >= 4 is 41.5 Å². The van der Waals surface area contributed by atoms with Gasteiger partial charge in [-0.15, -0.1) is 0 Å². The van der Waals surface area contributed by atoms with Crippen molar-refractivity contribution in [2.24, 2.45) is 0 Å². The fourth-order valence-corrected chi connectivity index (χ4v) is 13.5. The molecule has 1 spiro atoms. The second-order valence-corrected chi connectivity index (χ2v) is 15.0. The molecule has 0 bridgehead atoms. The van der Waals surface area contributed by atoms with E-state index in [-0.39, 0.29) is 0 Å². The summed E-state index contributed by atoms with van der Waals surface area (Å²) in [6, 6.07) is 55.3. The standard InChI is InChI=1S/C39H30N2Si.6C2H6/c1-7-19-34-28(13-1)25-29-14-2-8-20-35(29)41-37-22-10-4-16-31(37)27-33-18-6-12-24-39(33)42(41)38-23-11-5-17-32(38)26-30-15-3-9-21-36(30)40(34)42;6*1-2/h1-24H,25-27H2;6*1-2H3. The van der Waals surface area contributed by atoms with E-state index in [4.69, 9.17) is 0 Å². The highest BCUT2D eigenvalue weighted by Crippen LogP contribution is 2.49. The summed E-state index contributed by atoms with van der Waals surface area (Å²) in [6.07, 6.45) is 2.72. The molecule has 9 rings (SSSR count). The number of hydrogen-bond donors (Lipinski definition) is 0. The molecule has 0 saturated carbocycles. The van der Waals surface area contributed by atoms with Crippen LogP contribution in [-0.4, -0.2) is 8.40 Å². The summed E-state index contributed by atoms with van der Waals surface area (Å²) in [5, 5.41) is 2.94. The van der Waals surface area contributed by atoms with Crippen molar-refractivity contribution in [3.8, 4) is 0 Å². The van der Waals surface area contributed by atoms with Gasteiger partial charge in [0.15, 0.2) is 0 Å². The number of fused-ring (bicyclic) bond motifs is 10. The molecule has 54 heavy (non-hydrogen) atoms. The maximum Gasteiger partial charge on any atom is 0.341 e. The Hall–Kier alpha value is -4.86. The van der Waals surface area contributed by atoms with E-state index in [1.807, 2.05) is 83.1 Å². The first kappa shape index (κ1) is 43.5. The van der Waals surface area contributed by atoms with Gasteiger partial charge in [0, 0.05) is 29.2 Å². The van der Waals surface area contributed by atoms with Gasteiger partial charge in [-0.3, -0.25) is 0 Å². The largest absolute Gasteiger partial charge is 0.343 e. The smallest absolute Gasteiger partial charge is 0.341 e. The lowest BCUT2D eigenvalue weighted by Gasteiger charge is -2.53. The summed E-state index contributed by atoms with van der Waals surface area (Å²) < 4.78 is 5.67. The number of benzene rings is 6. The van der Waals surface area contributed by atoms with Gasteiger partial charge in [-0.25, -0.2) is 0 Å². The van der Waals surface area contributed by atoms with Gasteiger partial charge in [-0.05, 0) is 80.9 Å². The topological polar surface area (TPSA) is 6.48 Å². The first-order valence-electron chi connectivity index (χ1n) is 20.9. The zero-order valence-electron chi connectivity index (χ0n) is 35.4. The molecule has 0 saturated heterocycles. The van der Waals surface area contributed by atoms with Crippen molar-refractivity contribution in [1.82, 2.24) is 0 Å². The van der Waals surface area contributed by atoms with Crippen LogP contribution in [-0.2, 0) is 19.3 Å². The Morgan fingerprint density at radius 1 is 0.278 bits per heavy atom. The third-order valence-corrected chi connectivity index (χ3v) is 14.2. The molecule has 0 amide bonds. The number of hydrogen-bond acceptors (Lipinski definition) is 2. The first-order valence-corrected chi connectivity index (χ1v) is 22.8. The SMILES string of the molecule is CC.CC.CC.CC.CC.CC.c1ccc2c(c1)Cc1ccccc1N1c3ccccc3Cc3ccccc3[Si]13c1ccccc1Cc1ccccc1N23. The van der Waals surface area contributed by atoms with Gasteiger partial charge in [0.05, 0.1) is 0 Å². The van der Waals surface area contributed by atoms with Gasteiger partial charge in [-0.2, -0.15) is 0 Å². The molecule has 0 aliphatic carbocycles. The molecule has 0 radical (unpaired) electrons. The molecule has 0 unspecified atom stereocenters. The minimum absolute atomic E-state index is 0.886. The Labute approximate surface area is 330 Å². The summed E-state index contributed by atoms with van der Waals surface area (Å²) in [5.74, 6) is 0. The second-order valence-electron chi connectivity index (χ2n) is 11.7. The van der Waals surface area contributed by atoms with Crippen LogP contribution in [0.1, 0.15) is 116 Å². The average molecular weight is 735 g/mol. The summed E-state index contributed by atoms with van der Waals surface area (Å²) in [5.41, 5.74) is 13.7. The predicted molar refractivity (Wildman–Crippen MR) is 244 cm³/mol. The van der Waals surface area contributed by atoms with Gasteiger partial charge in [-0.1, -0.05) is 204 Å². The Balaban J connectivity index is 0.000000599. The van der Waals surface area contributed by atoms with Gasteiger partial charge in [0.1, 0.15) is 0 Å². The Kier molecular flexibility index (Phi) is 17.5. The maximum absolute atomic E-state index is 3.08. The maximum atomic E-state index is 2.83. The third kappa shape index (κ3) is 7.84. The van der Waals surface area contributed by atoms with Gasteiger partial charge < -0.3 is 9.13 Å². The van der Waals surface area contributed by atoms with Crippen molar-refractivity contribution in [2.45, 2.75) is 102 Å². The van der Waals surface area contributed by atoms with Crippen molar-refractivity contribution in [3.63, 3.8) is 0 Å². The van der Waals surface area contributed by atoms with E-state index in [1.165, 1.54) is 66.5 Å². The van der Waals surface area contributed by atoms with Gasteiger partial charge in [0.25, 0.3) is 0 Å². The van der Waals surface area contributed by atoms with E-state index in [0.717, 1.165) is 19.3 Å². The summed E-state index contributed by atoms with van der Waals surface area (Å²) in [7, 11) is -3.08. The fraction of sp³-hybridized carbons (Fsp3) is 0.294. The second kappa shape index (κ2) is 21.7. The van der Waals surface area contributed by atoms with E-state index >= 15 is 0 Å². The van der Waals surface area contributed by atoms with Crippen LogP contribution in [0.4, 0.5) is 22.7 Å². The molecule has 6 aromatic rings. The Morgan fingerprint density at radius 2 is 0.481 bits per heavy atom. The number of nitrogens with zero attached hydrogens (tertiary/aromatic N) is 2. The zero-order valence-corrected chi connectivity index (χ0v) is 36.4. The normalized spacial score (nSPS) is 12.7. The summed E-state index contributed by atoms with van der Waals surface area (Å²) in [4.78, 5) is 0. The molecule has 0 N–H and O–H groups in total. The van der Waals surface area contributed by atoms with Crippen LogP contribution in [0, 0.1) is 0 Å². The Morgan fingerprint density at radius 3 is 0.759 bits per heavy atom. The molecule has 3 aliphatic rings. The van der Waals surface area contributed by atoms with Crippen molar-refractivity contribution in [3.05, 3.63) is 179 Å². The number of rotatable bonds is 0. The molecular weight excluding hydrogens is 669 g/mol. The van der Waals surface area contributed by atoms with Crippen LogP contribution in [0.25, 0.3) is 0 Å². The average Bonchev–Trinajstić information content (AvgIpc) is 3.47. The quantitative estimate of drug-likeness (QED) is 0.143. The van der Waals surface area contributed by atoms with Crippen LogP contribution in [0.5, 0.6) is 0 Å². The van der Waals surface area contributed by atoms with E-state index in [1.54, 1.807) is 0 Å².